The molecule has 0 amide bonds. The summed E-state index contributed by atoms with van der Waals surface area (Å²) in [7, 11) is 0. The summed E-state index contributed by atoms with van der Waals surface area (Å²) in [6.07, 6.45) is 4.14. The Morgan fingerprint density at radius 1 is 1.38 bits per heavy atom. The molecule has 62 valence electrons. The number of hydrogen-bond donors (Lipinski definition) is 0. The van der Waals surface area contributed by atoms with Gasteiger partial charge in [0.15, 0.2) is 0 Å². The van der Waals surface area contributed by atoms with Crippen LogP contribution in [0.15, 0.2) is 24.3 Å². The minimum Gasteiger partial charge on any atom is -0.677 e. The van der Waals surface area contributed by atoms with Crippen LogP contribution in [0, 0.1) is 0 Å². The van der Waals surface area contributed by atoms with E-state index in [2.05, 4.69) is 17.5 Å². The van der Waals surface area contributed by atoms with Crippen LogP contribution < -0.4 is 18.9 Å². The van der Waals surface area contributed by atoms with Gasteiger partial charge >= 0.3 is 18.9 Å². The van der Waals surface area contributed by atoms with E-state index in [1.54, 1.807) is 0 Å². The average Bonchev–Trinajstić information content (AvgIpc) is 2.07. The molecule has 1 aliphatic rings. The Hall–Kier alpha value is -0.353. The summed E-state index contributed by atoms with van der Waals surface area (Å²) in [5.41, 5.74) is 2.04. The second-order valence-corrected chi connectivity index (χ2v) is 3.31. The summed E-state index contributed by atoms with van der Waals surface area (Å²) in [4.78, 5) is 0. The molecule has 0 spiro atoms. The molecule has 0 saturated heterocycles. The van der Waals surface area contributed by atoms with E-state index in [1.807, 2.05) is 25.1 Å². The molecule has 0 fully saturated rings. The van der Waals surface area contributed by atoms with Gasteiger partial charge in [-0.3, -0.25) is 0 Å². The minimum absolute atomic E-state index is 0. The molecular formula is C10H9ClLiN. The molecule has 1 aromatic carbocycles. The molecule has 0 bridgehead atoms. The van der Waals surface area contributed by atoms with Crippen molar-refractivity contribution in [3.05, 3.63) is 40.2 Å². The van der Waals surface area contributed by atoms with Gasteiger partial charge in [0.1, 0.15) is 0 Å². The normalized spacial score (nSPS) is 18.5. The maximum absolute atomic E-state index is 5.98. The van der Waals surface area contributed by atoms with Gasteiger partial charge in [0.05, 0.1) is 0 Å². The van der Waals surface area contributed by atoms with Crippen LogP contribution >= 0.6 is 11.6 Å². The van der Waals surface area contributed by atoms with Gasteiger partial charge in [-0.25, -0.2) is 0 Å². The van der Waals surface area contributed by atoms with Crippen LogP contribution in [0.1, 0.15) is 12.5 Å². The fourth-order valence-corrected chi connectivity index (χ4v) is 1.52. The topological polar surface area (TPSA) is 14.1 Å². The molecular weight excluding hydrogens is 177 g/mol. The number of halogens is 1. The first kappa shape index (κ1) is 10.7. The summed E-state index contributed by atoms with van der Waals surface area (Å²) in [6, 6.07) is 6.08. The average molecular weight is 186 g/mol. The van der Waals surface area contributed by atoms with Crippen LogP contribution in [0.25, 0.3) is 11.4 Å². The third-order valence-corrected chi connectivity index (χ3v) is 2.21. The first-order valence-electron chi connectivity index (χ1n) is 3.95. The number of rotatable bonds is 0. The SMILES string of the molecule is CC1C=Cc2cccc(Cl)c2[N-]1.[Li+]. The summed E-state index contributed by atoms with van der Waals surface area (Å²) < 4.78 is 0. The zero-order valence-electron chi connectivity index (χ0n) is 7.79. The molecule has 2 rings (SSSR count). The van der Waals surface area contributed by atoms with Gasteiger partial charge in [0.2, 0.25) is 0 Å². The van der Waals surface area contributed by atoms with Gasteiger partial charge in [-0.1, -0.05) is 42.8 Å². The molecule has 0 radical (unpaired) electrons. The standard InChI is InChI=1S/C10H9ClN.Li/c1-7-5-6-8-3-2-4-9(11)10(8)12-7;/h2-7H,1H3;/q-1;+1. The van der Waals surface area contributed by atoms with Crippen molar-refractivity contribution in [3.63, 3.8) is 0 Å². The van der Waals surface area contributed by atoms with Crippen LogP contribution in [0.2, 0.25) is 5.02 Å². The fraction of sp³-hybridized carbons (Fsp3) is 0.200. The molecule has 1 aromatic rings. The third-order valence-electron chi connectivity index (χ3n) is 1.91. The number of benzene rings is 1. The van der Waals surface area contributed by atoms with Crippen LogP contribution in [-0.4, -0.2) is 6.04 Å². The maximum Gasteiger partial charge on any atom is 1.00 e. The summed E-state index contributed by atoms with van der Waals surface area (Å²) in [5.74, 6) is 0. The molecule has 3 heteroatoms. The minimum atomic E-state index is 0. The van der Waals surface area contributed by atoms with E-state index in [0.29, 0.717) is 0 Å². The summed E-state index contributed by atoms with van der Waals surface area (Å²) >= 11 is 5.98. The largest absolute Gasteiger partial charge is 1.00 e. The van der Waals surface area contributed by atoms with E-state index < -0.39 is 0 Å². The predicted molar refractivity (Wildman–Crippen MR) is 53.0 cm³/mol. The van der Waals surface area contributed by atoms with Crippen molar-refractivity contribution in [3.8, 4) is 0 Å². The molecule has 0 aromatic heterocycles. The van der Waals surface area contributed by atoms with Crippen molar-refractivity contribution < 1.29 is 18.9 Å². The number of hydrogen-bond acceptors (Lipinski definition) is 0. The molecule has 1 atom stereocenters. The van der Waals surface area contributed by atoms with Crippen molar-refractivity contribution in [1.82, 2.24) is 0 Å². The van der Waals surface area contributed by atoms with Gasteiger partial charge in [-0.05, 0) is 11.6 Å². The molecule has 1 heterocycles. The van der Waals surface area contributed by atoms with Gasteiger partial charge in [-0.15, -0.1) is 11.7 Å². The number of nitrogens with zero attached hydrogens (tertiary/aromatic N) is 1. The van der Waals surface area contributed by atoms with Crippen LogP contribution in [0.4, 0.5) is 5.69 Å². The Morgan fingerprint density at radius 2 is 2.15 bits per heavy atom. The Labute approximate surface area is 95.3 Å². The zero-order valence-corrected chi connectivity index (χ0v) is 8.55. The predicted octanol–water partition coefficient (Wildman–Crippen LogP) is 0.764. The van der Waals surface area contributed by atoms with Gasteiger partial charge < -0.3 is 5.32 Å². The molecule has 1 nitrogen and oxygen atoms in total. The third kappa shape index (κ3) is 2.11. The van der Waals surface area contributed by atoms with E-state index >= 15 is 0 Å². The quantitative estimate of drug-likeness (QED) is 0.530. The molecule has 13 heavy (non-hydrogen) atoms. The second kappa shape index (κ2) is 4.24. The van der Waals surface area contributed by atoms with E-state index in [4.69, 9.17) is 11.6 Å². The first-order chi connectivity index (χ1) is 5.77. The smallest absolute Gasteiger partial charge is 0.677 e. The maximum atomic E-state index is 5.98. The Morgan fingerprint density at radius 3 is 2.92 bits per heavy atom. The van der Waals surface area contributed by atoms with Crippen molar-refractivity contribution in [1.29, 1.82) is 0 Å². The monoisotopic (exact) mass is 185 g/mol. The Bertz CT molecular complexity index is 336. The van der Waals surface area contributed by atoms with E-state index in [0.717, 1.165) is 16.3 Å². The van der Waals surface area contributed by atoms with Crippen LogP contribution in [-0.2, 0) is 0 Å². The molecule has 1 unspecified atom stereocenters. The number of para-hydroxylation sites is 1. The molecule has 0 N–H and O–H groups in total. The van der Waals surface area contributed by atoms with E-state index in [-0.39, 0.29) is 24.9 Å². The van der Waals surface area contributed by atoms with Crippen LogP contribution in [0.5, 0.6) is 0 Å². The van der Waals surface area contributed by atoms with Crippen LogP contribution in [0.3, 0.4) is 0 Å². The van der Waals surface area contributed by atoms with E-state index in [9.17, 15) is 0 Å². The summed E-state index contributed by atoms with van der Waals surface area (Å²) in [5, 5.41) is 5.17. The van der Waals surface area contributed by atoms with Gasteiger partial charge in [0.25, 0.3) is 0 Å². The van der Waals surface area contributed by atoms with E-state index in [1.165, 1.54) is 0 Å². The molecule has 0 aliphatic carbocycles. The van der Waals surface area contributed by atoms with Crippen molar-refractivity contribution >= 4 is 23.4 Å². The van der Waals surface area contributed by atoms with Gasteiger partial charge in [-0.2, -0.15) is 0 Å². The fourth-order valence-electron chi connectivity index (χ4n) is 1.29. The summed E-state index contributed by atoms with van der Waals surface area (Å²) in [6.45, 7) is 2.04. The van der Waals surface area contributed by atoms with Gasteiger partial charge in [0, 0.05) is 5.02 Å². The molecule has 1 aliphatic heterocycles. The second-order valence-electron chi connectivity index (χ2n) is 2.91. The molecule has 0 saturated carbocycles. The van der Waals surface area contributed by atoms with Crippen molar-refractivity contribution in [2.24, 2.45) is 0 Å². The van der Waals surface area contributed by atoms with Crippen molar-refractivity contribution in [2.45, 2.75) is 13.0 Å². The van der Waals surface area contributed by atoms with Crippen molar-refractivity contribution in [2.75, 3.05) is 0 Å². The number of fused-ring (bicyclic) bond motifs is 1. The Balaban J connectivity index is 0.000000845. The Kier molecular flexibility index (Phi) is 3.50. The first-order valence-corrected chi connectivity index (χ1v) is 4.33. The zero-order chi connectivity index (χ0) is 8.55.